The van der Waals surface area contributed by atoms with E-state index in [1.54, 1.807) is 7.11 Å². The molecule has 0 aromatic heterocycles. The molecule has 2 unspecified atom stereocenters. The first-order chi connectivity index (χ1) is 13.6. The van der Waals surface area contributed by atoms with Gasteiger partial charge in [0.25, 0.3) is 5.92 Å². The van der Waals surface area contributed by atoms with Crippen LogP contribution >= 0.6 is 0 Å². The second kappa shape index (κ2) is 8.18. The third-order valence-electron chi connectivity index (χ3n) is 5.98. The predicted octanol–water partition coefficient (Wildman–Crippen LogP) is 4.40. The summed E-state index contributed by atoms with van der Waals surface area (Å²) in [5.41, 5.74) is 3.98. The van der Waals surface area contributed by atoms with E-state index in [4.69, 9.17) is 4.74 Å². The lowest BCUT2D eigenvalue weighted by molar-refractivity contribution is -0.0122. The van der Waals surface area contributed by atoms with Crippen LogP contribution in [0.1, 0.15) is 47.6 Å². The molecule has 2 aliphatic rings. The molecule has 5 heteroatoms. The van der Waals surface area contributed by atoms with Gasteiger partial charge in [-0.3, -0.25) is 0 Å². The molecule has 1 aliphatic carbocycles. The molecule has 150 valence electrons. The first-order valence-electron chi connectivity index (χ1n) is 10.1. The first-order valence-corrected chi connectivity index (χ1v) is 10.1. The van der Waals surface area contributed by atoms with Gasteiger partial charge < -0.3 is 15.4 Å². The van der Waals surface area contributed by atoms with Crippen LogP contribution in [-0.2, 0) is 19.4 Å². The number of ether oxygens (including phenoxy) is 1. The summed E-state index contributed by atoms with van der Waals surface area (Å²) < 4.78 is 33.3. The van der Waals surface area contributed by atoms with Crippen molar-refractivity contribution in [3.63, 3.8) is 0 Å². The summed E-state index contributed by atoms with van der Waals surface area (Å²) >= 11 is 0. The van der Waals surface area contributed by atoms with Gasteiger partial charge >= 0.3 is 0 Å². The molecule has 0 saturated carbocycles. The van der Waals surface area contributed by atoms with Crippen molar-refractivity contribution in [1.29, 1.82) is 0 Å². The Morgan fingerprint density at radius 2 is 2.00 bits per heavy atom. The minimum Gasteiger partial charge on any atom is -0.496 e. The Hall–Kier alpha value is -1.98. The SMILES string of the molecule is COc1cc2c(cc1CNC1CCCNC1c1ccccc1)CC(F)(F)CC2. The zero-order valence-corrected chi connectivity index (χ0v) is 16.3. The fourth-order valence-electron chi connectivity index (χ4n) is 4.49. The van der Waals surface area contributed by atoms with Gasteiger partial charge in [0.2, 0.25) is 0 Å². The molecule has 4 rings (SSSR count). The van der Waals surface area contributed by atoms with Crippen LogP contribution in [0, 0.1) is 0 Å². The Kier molecular flexibility index (Phi) is 5.65. The molecule has 2 atom stereocenters. The van der Waals surface area contributed by atoms with E-state index in [2.05, 4.69) is 34.9 Å². The van der Waals surface area contributed by atoms with Gasteiger partial charge in [0.15, 0.2) is 0 Å². The van der Waals surface area contributed by atoms with Crippen molar-refractivity contribution in [2.75, 3.05) is 13.7 Å². The fraction of sp³-hybridized carbons (Fsp3) is 0.478. The molecule has 2 aromatic carbocycles. The minimum absolute atomic E-state index is 0.0761. The molecule has 0 amide bonds. The summed E-state index contributed by atoms with van der Waals surface area (Å²) in [5, 5.41) is 7.28. The number of benzene rings is 2. The molecule has 0 spiro atoms. The lowest BCUT2D eigenvalue weighted by Gasteiger charge is -2.34. The van der Waals surface area contributed by atoms with Gasteiger partial charge in [-0.1, -0.05) is 36.4 Å². The van der Waals surface area contributed by atoms with Crippen molar-refractivity contribution in [3.8, 4) is 5.75 Å². The normalized spacial score (nSPS) is 23.8. The van der Waals surface area contributed by atoms with Crippen molar-refractivity contribution >= 4 is 0 Å². The second-order valence-corrected chi connectivity index (χ2v) is 7.94. The van der Waals surface area contributed by atoms with Crippen LogP contribution in [0.15, 0.2) is 42.5 Å². The third-order valence-corrected chi connectivity index (χ3v) is 5.98. The molecule has 1 saturated heterocycles. The fourth-order valence-corrected chi connectivity index (χ4v) is 4.49. The highest BCUT2D eigenvalue weighted by Gasteiger charge is 2.34. The molecule has 1 aliphatic heterocycles. The maximum Gasteiger partial charge on any atom is 0.252 e. The standard InChI is InChI=1S/C23H28F2N2O/c1-28-21-13-17-9-10-23(24,25)14-18(17)12-19(21)15-27-20-8-5-11-26-22(20)16-6-3-2-4-7-16/h2-4,6-7,12-13,20,22,26-27H,5,8-11,14-15H2,1H3. The van der Waals surface area contributed by atoms with Crippen LogP contribution < -0.4 is 15.4 Å². The summed E-state index contributed by atoms with van der Waals surface area (Å²) in [6.07, 6.45) is 2.37. The Morgan fingerprint density at radius 3 is 2.79 bits per heavy atom. The Labute approximate surface area is 165 Å². The molecule has 2 N–H and O–H groups in total. The largest absolute Gasteiger partial charge is 0.496 e. The average Bonchev–Trinajstić information content (AvgIpc) is 2.72. The highest BCUT2D eigenvalue weighted by Crippen LogP contribution is 2.36. The zero-order valence-electron chi connectivity index (χ0n) is 16.3. The maximum absolute atomic E-state index is 13.9. The van der Waals surface area contributed by atoms with E-state index in [0.29, 0.717) is 19.0 Å². The number of halogens is 2. The monoisotopic (exact) mass is 386 g/mol. The topological polar surface area (TPSA) is 33.3 Å². The molecule has 1 fully saturated rings. The molecule has 28 heavy (non-hydrogen) atoms. The second-order valence-electron chi connectivity index (χ2n) is 7.94. The molecular weight excluding hydrogens is 358 g/mol. The summed E-state index contributed by atoms with van der Waals surface area (Å²) in [5.74, 6) is -1.81. The van der Waals surface area contributed by atoms with Crippen LogP contribution in [0.4, 0.5) is 8.78 Å². The number of nitrogens with one attached hydrogen (secondary N) is 2. The van der Waals surface area contributed by atoms with Gasteiger partial charge in [-0.15, -0.1) is 0 Å². The Morgan fingerprint density at radius 1 is 1.18 bits per heavy atom. The van der Waals surface area contributed by atoms with E-state index in [0.717, 1.165) is 41.8 Å². The molecule has 0 radical (unpaired) electrons. The highest BCUT2D eigenvalue weighted by molar-refractivity contribution is 5.44. The van der Waals surface area contributed by atoms with Crippen molar-refractivity contribution in [2.24, 2.45) is 0 Å². The van der Waals surface area contributed by atoms with Crippen LogP contribution in [0.2, 0.25) is 0 Å². The van der Waals surface area contributed by atoms with E-state index in [-0.39, 0.29) is 18.9 Å². The Balaban J connectivity index is 1.52. The lowest BCUT2D eigenvalue weighted by Crippen LogP contribution is -2.45. The highest BCUT2D eigenvalue weighted by atomic mass is 19.3. The van der Waals surface area contributed by atoms with Gasteiger partial charge in [0.05, 0.1) is 7.11 Å². The van der Waals surface area contributed by atoms with Crippen molar-refractivity contribution in [2.45, 2.75) is 56.7 Å². The van der Waals surface area contributed by atoms with Crippen LogP contribution in [0.3, 0.4) is 0 Å². The quantitative estimate of drug-likeness (QED) is 0.799. The predicted molar refractivity (Wildman–Crippen MR) is 107 cm³/mol. The number of rotatable bonds is 5. The number of hydrogen-bond acceptors (Lipinski definition) is 3. The lowest BCUT2D eigenvalue weighted by atomic mass is 9.87. The van der Waals surface area contributed by atoms with Crippen LogP contribution in [0.5, 0.6) is 5.75 Å². The molecular formula is C23H28F2N2O. The first kappa shape index (κ1) is 19.3. The number of alkyl halides is 2. The number of fused-ring (bicyclic) bond motifs is 1. The van der Waals surface area contributed by atoms with Crippen molar-refractivity contribution in [3.05, 3.63) is 64.7 Å². The van der Waals surface area contributed by atoms with Crippen molar-refractivity contribution in [1.82, 2.24) is 10.6 Å². The van der Waals surface area contributed by atoms with Gasteiger partial charge in [-0.05, 0) is 48.6 Å². The number of hydrogen-bond donors (Lipinski definition) is 2. The molecule has 2 aromatic rings. The summed E-state index contributed by atoms with van der Waals surface area (Å²) in [4.78, 5) is 0. The van der Waals surface area contributed by atoms with Gasteiger partial charge in [-0.25, -0.2) is 8.78 Å². The number of piperidine rings is 1. The van der Waals surface area contributed by atoms with E-state index < -0.39 is 5.92 Å². The van der Waals surface area contributed by atoms with Crippen molar-refractivity contribution < 1.29 is 13.5 Å². The minimum atomic E-state index is -2.60. The maximum atomic E-state index is 13.9. The van der Waals surface area contributed by atoms with E-state index >= 15 is 0 Å². The van der Waals surface area contributed by atoms with Gasteiger partial charge in [-0.2, -0.15) is 0 Å². The molecule has 3 nitrogen and oxygen atoms in total. The Bertz CT molecular complexity index is 810. The number of aryl methyl sites for hydroxylation is 1. The molecule has 0 bridgehead atoms. The zero-order chi connectivity index (χ0) is 19.6. The van der Waals surface area contributed by atoms with E-state index in [1.807, 2.05) is 18.2 Å². The summed E-state index contributed by atoms with van der Waals surface area (Å²) in [7, 11) is 1.65. The van der Waals surface area contributed by atoms with E-state index in [9.17, 15) is 8.78 Å². The third kappa shape index (κ3) is 4.20. The summed E-state index contributed by atoms with van der Waals surface area (Å²) in [6.45, 7) is 1.62. The summed E-state index contributed by atoms with van der Waals surface area (Å²) in [6, 6.07) is 14.9. The van der Waals surface area contributed by atoms with Crippen LogP contribution in [-0.4, -0.2) is 25.6 Å². The van der Waals surface area contributed by atoms with Gasteiger partial charge in [0.1, 0.15) is 5.75 Å². The smallest absolute Gasteiger partial charge is 0.252 e. The van der Waals surface area contributed by atoms with Gasteiger partial charge in [0, 0.05) is 37.0 Å². The van der Waals surface area contributed by atoms with Crippen LogP contribution in [0.25, 0.3) is 0 Å². The number of methoxy groups -OCH3 is 1. The van der Waals surface area contributed by atoms with E-state index in [1.165, 1.54) is 5.56 Å². The molecule has 1 heterocycles. The average molecular weight is 386 g/mol.